The first-order chi connectivity index (χ1) is 11.3. The van der Waals surface area contributed by atoms with Crippen molar-refractivity contribution < 1.29 is 19.1 Å². The summed E-state index contributed by atoms with van der Waals surface area (Å²) in [5.41, 5.74) is 2.26. The van der Waals surface area contributed by atoms with Crippen molar-refractivity contribution in [3.63, 3.8) is 0 Å². The zero-order valence-corrected chi connectivity index (χ0v) is 14.2. The number of carbonyl (C=O) groups is 3. The van der Waals surface area contributed by atoms with E-state index in [1.165, 1.54) is 0 Å². The van der Waals surface area contributed by atoms with Crippen molar-refractivity contribution in [3.8, 4) is 5.75 Å². The minimum Gasteiger partial charge on any atom is -0.492 e. The Labute approximate surface area is 141 Å². The maximum absolute atomic E-state index is 12.1. The second-order valence-corrected chi connectivity index (χ2v) is 6.04. The number of aryl methyl sites for hydroxylation is 2. The molecule has 0 aliphatic carbocycles. The zero-order valence-electron chi connectivity index (χ0n) is 14.2. The summed E-state index contributed by atoms with van der Waals surface area (Å²) in [7, 11) is 1.69. The molecule has 0 radical (unpaired) electrons. The molecule has 1 saturated heterocycles. The molecule has 1 aliphatic heterocycles. The van der Waals surface area contributed by atoms with Gasteiger partial charge >= 0.3 is 6.03 Å². The molecule has 4 amide bonds. The van der Waals surface area contributed by atoms with E-state index in [1.807, 2.05) is 26.0 Å². The summed E-state index contributed by atoms with van der Waals surface area (Å²) in [4.78, 5) is 36.1. The van der Waals surface area contributed by atoms with Crippen LogP contribution in [0.5, 0.6) is 5.75 Å². The maximum Gasteiger partial charge on any atom is 0.322 e. The van der Waals surface area contributed by atoms with Gasteiger partial charge in [0.25, 0.3) is 5.91 Å². The van der Waals surface area contributed by atoms with Crippen LogP contribution in [0.1, 0.15) is 24.0 Å². The molecule has 1 aromatic carbocycles. The van der Waals surface area contributed by atoms with E-state index in [0.717, 1.165) is 16.9 Å². The van der Waals surface area contributed by atoms with Gasteiger partial charge in [0, 0.05) is 13.5 Å². The number of hydrogen-bond acceptors (Lipinski definition) is 4. The fraction of sp³-hybridized carbons (Fsp3) is 0.471. The zero-order chi connectivity index (χ0) is 17.7. The van der Waals surface area contributed by atoms with Crippen molar-refractivity contribution in [2.45, 2.75) is 32.7 Å². The number of carbonyl (C=O) groups excluding carboxylic acids is 3. The molecule has 2 N–H and O–H groups in total. The van der Waals surface area contributed by atoms with Gasteiger partial charge < -0.3 is 15.0 Å². The van der Waals surface area contributed by atoms with E-state index in [2.05, 4.69) is 16.7 Å². The van der Waals surface area contributed by atoms with Crippen LogP contribution in [-0.2, 0) is 9.59 Å². The molecule has 0 spiro atoms. The summed E-state index contributed by atoms with van der Waals surface area (Å²) in [6.45, 7) is 4.86. The molecule has 1 unspecified atom stereocenters. The van der Waals surface area contributed by atoms with Gasteiger partial charge in [0.15, 0.2) is 0 Å². The van der Waals surface area contributed by atoms with Crippen LogP contribution < -0.4 is 15.4 Å². The maximum atomic E-state index is 12.1. The van der Waals surface area contributed by atoms with Gasteiger partial charge in [-0.2, -0.15) is 0 Å². The van der Waals surface area contributed by atoms with Crippen LogP contribution in [0.15, 0.2) is 18.2 Å². The first kappa shape index (κ1) is 17.8. The van der Waals surface area contributed by atoms with E-state index in [-0.39, 0.29) is 18.2 Å². The first-order valence-corrected chi connectivity index (χ1v) is 7.91. The molecule has 7 heteroatoms. The number of likely N-dealkylation sites (N-methyl/N-ethyl adjacent to an activating group) is 1. The molecular formula is C17H23N3O4. The highest BCUT2D eigenvalue weighted by molar-refractivity contribution is 6.04. The van der Waals surface area contributed by atoms with Crippen molar-refractivity contribution in [2.24, 2.45) is 0 Å². The summed E-state index contributed by atoms with van der Waals surface area (Å²) in [6.07, 6.45) is 0.483. The van der Waals surface area contributed by atoms with Crippen LogP contribution in [-0.4, -0.2) is 49.0 Å². The van der Waals surface area contributed by atoms with Crippen molar-refractivity contribution in [1.29, 1.82) is 0 Å². The lowest BCUT2D eigenvalue weighted by molar-refractivity contribution is -0.130. The Bertz CT molecular complexity index is 624. The second kappa shape index (κ2) is 7.81. The van der Waals surface area contributed by atoms with Crippen molar-refractivity contribution in [1.82, 2.24) is 15.5 Å². The normalized spacial score (nSPS) is 16.5. The van der Waals surface area contributed by atoms with E-state index in [4.69, 9.17) is 4.74 Å². The van der Waals surface area contributed by atoms with Crippen molar-refractivity contribution in [2.75, 3.05) is 20.2 Å². The van der Waals surface area contributed by atoms with Gasteiger partial charge in [0.05, 0.1) is 6.54 Å². The number of hydrogen-bond donors (Lipinski definition) is 2. The monoisotopic (exact) mass is 333 g/mol. The van der Waals surface area contributed by atoms with Gasteiger partial charge in [0.2, 0.25) is 5.91 Å². The van der Waals surface area contributed by atoms with Crippen LogP contribution in [0.2, 0.25) is 0 Å². The molecule has 1 atom stereocenters. The van der Waals surface area contributed by atoms with Gasteiger partial charge in [-0.3, -0.25) is 14.9 Å². The number of amides is 4. The minimum absolute atomic E-state index is 0.0898. The second-order valence-electron chi connectivity index (χ2n) is 6.04. The number of urea groups is 1. The molecule has 1 heterocycles. The van der Waals surface area contributed by atoms with Gasteiger partial charge in [-0.1, -0.05) is 6.07 Å². The summed E-state index contributed by atoms with van der Waals surface area (Å²) in [5.74, 6) is 0.320. The third kappa shape index (κ3) is 4.97. The van der Waals surface area contributed by atoms with Crippen molar-refractivity contribution >= 4 is 17.8 Å². The van der Waals surface area contributed by atoms with E-state index in [1.54, 1.807) is 11.9 Å². The summed E-state index contributed by atoms with van der Waals surface area (Å²) in [6, 6.07) is 4.85. The van der Waals surface area contributed by atoms with Gasteiger partial charge in [-0.15, -0.1) is 0 Å². The highest BCUT2D eigenvalue weighted by Crippen LogP contribution is 2.16. The minimum atomic E-state index is -0.624. The van der Waals surface area contributed by atoms with Gasteiger partial charge in [0.1, 0.15) is 18.4 Å². The quantitative estimate of drug-likeness (QED) is 0.732. The number of benzene rings is 1. The largest absolute Gasteiger partial charge is 0.492 e. The number of nitrogens with one attached hydrogen (secondary N) is 2. The fourth-order valence-corrected chi connectivity index (χ4v) is 2.56. The first-order valence-electron chi connectivity index (χ1n) is 7.91. The molecule has 130 valence electrons. The third-order valence-corrected chi connectivity index (χ3v) is 3.82. The molecule has 0 bridgehead atoms. The standard InChI is InChI=1S/C17H23N3O4/c1-11-8-12(2)10-13(9-11)24-7-6-20(3)15(21)5-4-14-16(22)19-17(23)18-14/h8-10,14H,4-7H2,1-3H3,(H2,18,19,22,23). The Morgan fingerprint density at radius 2 is 1.88 bits per heavy atom. The van der Waals surface area contributed by atoms with E-state index in [9.17, 15) is 14.4 Å². The molecule has 0 saturated carbocycles. The predicted molar refractivity (Wildman–Crippen MR) is 88.7 cm³/mol. The summed E-state index contributed by atoms with van der Waals surface area (Å²) >= 11 is 0. The van der Waals surface area contributed by atoms with E-state index in [0.29, 0.717) is 19.6 Å². The van der Waals surface area contributed by atoms with E-state index < -0.39 is 12.1 Å². The van der Waals surface area contributed by atoms with Crippen LogP contribution in [0.25, 0.3) is 0 Å². The molecule has 2 rings (SSSR count). The Hall–Kier alpha value is -2.57. The summed E-state index contributed by atoms with van der Waals surface area (Å²) in [5, 5.41) is 4.63. The lowest BCUT2D eigenvalue weighted by atomic mass is 10.1. The molecular weight excluding hydrogens is 310 g/mol. The SMILES string of the molecule is Cc1cc(C)cc(OCCN(C)C(=O)CCC2NC(=O)NC2=O)c1. The fourth-order valence-electron chi connectivity index (χ4n) is 2.56. The Balaban J connectivity index is 1.71. The molecule has 1 aromatic rings. The smallest absolute Gasteiger partial charge is 0.322 e. The number of nitrogens with zero attached hydrogens (tertiary/aromatic N) is 1. The average molecular weight is 333 g/mol. The van der Waals surface area contributed by atoms with Crippen LogP contribution in [0.4, 0.5) is 4.79 Å². The summed E-state index contributed by atoms with van der Waals surface area (Å²) < 4.78 is 5.68. The lowest BCUT2D eigenvalue weighted by Gasteiger charge is -2.18. The predicted octanol–water partition coefficient (Wildman–Crippen LogP) is 1.13. The average Bonchev–Trinajstić information content (AvgIpc) is 2.81. The highest BCUT2D eigenvalue weighted by atomic mass is 16.5. The number of ether oxygens (including phenoxy) is 1. The molecule has 0 aromatic heterocycles. The topological polar surface area (TPSA) is 87.7 Å². The highest BCUT2D eigenvalue weighted by Gasteiger charge is 2.29. The lowest BCUT2D eigenvalue weighted by Crippen LogP contribution is -2.34. The van der Waals surface area contributed by atoms with Crippen LogP contribution in [0, 0.1) is 13.8 Å². The van der Waals surface area contributed by atoms with Crippen molar-refractivity contribution in [3.05, 3.63) is 29.3 Å². The molecule has 1 aliphatic rings. The molecule has 1 fully saturated rings. The van der Waals surface area contributed by atoms with Crippen LogP contribution >= 0.6 is 0 Å². The van der Waals surface area contributed by atoms with Gasteiger partial charge in [-0.05, 0) is 43.5 Å². The number of rotatable bonds is 7. The van der Waals surface area contributed by atoms with Crippen LogP contribution in [0.3, 0.4) is 0 Å². The van der Waals surface area contributed by atoms with Gasteiger partial charge in [-0.25, -0.2) is 4.79 Å². The third-order valence-electron chi connectivity index (χ3n) is 3.82. The Morgan fingerprint density at radius 1 is 1.21 bits per heavy atom. The number of imide groups is 1. The molecule has 24 heavy (non-hydrogen) atoms. The Kier molecular flexibility index (Phi) is 5.78. The Morgan fingerprint density at radius 3 is 2.46 bits per heavy atom. The van der Waals surface area contributed by atoms with E-state index >= 15 is 0 Å². The molecule has 7 nitrogen and oxygen atoms in total.